The van der Waals surface area contributed by atoms with E-state index in [1.807, 2.05) is 6.07 Å². The van der Waals surface area contributed by atoms with E-state index in [1.54, 1.807) is 19.2 Å². The van der Waals surface area contributed by atoms with Crippen molar-refractivity contribution in [3.05, 3.63) is 63.6 Å². The normalized spacial score (nSPS) is 14.0. The van der Waals surface area contributed by atoms with Gasteiger partial charge >= 0.3 is 12.9 Å². The minimum absolute atomic E-state index is 0.0560. The number of amides is 1. The third-order valence-electron chi connectivity index (χ3n) is 7.15. The van der Waals surface area contributed by atoms with E-state index in [1.165, 1.54) is 24.5 Å². The second-order valence-corrected chi connectivity index (χ2v) is 11.2. The smallest absolute Gasteiger partial charge is 0.393 e. The van der Waals surface area contributed by atoms with Gasteiger partial charge in [-0.25, -0.2) is 11.0 Å². The average Bonchev–Trinajstić information content (AvgIpc) is 3.34. The number of hydrogen-bond acceptors (Lipinski definition) is 7. The van der Waals surface area contributed by atoms with Crippen LogP contribution in [0.2, 0.25) is 0 Å². The zero-order chi connectivity index (χ0) is 31.7. The number of alkyl halides is 3. The predicted molar refractivity (Wildman–Crippen MR) is 164 cm³/mol. The Morgan fingerprint density at radius 1 is 1.23 bits per heavy atom. The lowest BCUT2D eigenvalue weighted by molar-refractivity contribution is -0.126. The predicted octanol–water partition coefficient (Wildman–Crippen LogP) is 5.75. The molecule has 3 aromatic rings. The first-order valence-corrected chi connectivity index (χ1v) is 14.8. The van der Waals surface area contributed by atoms with E-state index in [0.717, 1.165) is 44.2 Å². The standard InChI is InChI=1S/C31H33F4N5O3S/c1-36-19-43-27-16-22(30(41)37-2)24(32)17-26(27)38-11-5-8-28-23(18-31(33,34)35)21-6-4-7-25(29(21)44-28)39-20-9-12-40(13-10-20)14-15-42-3/h4,6-7,16-17,20,38-39H,9-15,18-19H2,2-3H3,(H,37,41). The summed E-state index contributed by atoms with van der Waals surface area (Å²) in [5.74, 6) is 4.32. The summed E-state index contributed by atoms with van der Waals surface area (Å²) in [5, 5.41) is 9.28. The molecule has 0 spiro atoms. The van der Waals surface area contributed by atoms with Gasteiger partial charge in [0.15, 0.2) is 5.75 Å². The van der Waals surface area contributed by atoms with Gasteiger partial charge in [0.1, 0.15) is 5.82 Å². The highest BCUT2D eigenvalue weighted by molar-refractivity contribution is 7.20. The number of ether oxygens (including phenoxy) is 2. The lowest BCUT2D eigenvalue weighted by atomic mass is 10.0. The number of benzene rings is 2. The zero-order valence-corrected chi connectivity index (χ0v) is 25.2. The van der Waals surface area contributed by atoms with Crippen molar-refractivity contribution < 1.29 is 31.8 Å². The monoisotopic (exact) mass is 631 g/mol. The molecule has 0 unspecified atom stereocenters. The lowest BCUT2D eigenvalue weighted by Crippen LogP contribution is -2.40. The summed E-state index contributed by atoms with van der Waals surface area (Å²) in [7, 11) is 3.04. The number of anilines is 2. The van der Waals surface area contributed by atoms with Crippen LogP contribution in [-0.4, -0.2) is 76.7 Å². The van der Waals surface area contributed by atoms with Crippen LogP contribution >= 0.6 is 11.3 Å². The molecule has 234 valence electrons. The molecule has 2 heterocycles. The van der Waals surface area contributed by atoms with E-state index in [9.17, 15) is 22.4 Å². The number of methoxy groups -OCH3 is 1. The van der Waals surface area contributed by atoms with E-state index in [4.69, 9.17) is 16.0 Å². The maximum absolute atomic E-state index is 14.6. The van der Waals surface area contributed by atoms with E-state index in [2.05, 4.69) is 37.5 Å². The highest BCUT2D eigenvalue weighted by Gasteiger charge is 2.31. The molecule has 1 aromatic heterocycles. The summed E-state index contributed by atoms with van der Waals surface area (Å²) >= 11 is 1.21. The number of carbonyl (C=O) groups excluding carboxylic acids is 1. The first-order chi connectivity index (χ1) is 21.1. The van der Waals surface area contributed by atoms with E-state index < -0.39 is 24.3 Å². The molecule has 2 aromatic carbocycles. The molecule has 0 saturated carbocycles. The fraction of sp³-hybridized carbons (Fsp3) is 0.419. The Hall–Kier alpha value is -4.04. The molecule has 8 nitrogen and oxygen atoms in total. The molecule has 1 aliphatic rings. The van der Waals surface area contributed by atoms with Crippen molar-refractivity contribution in [1.29, 1.82) is 0 Å². The van der Waals surface area contributed by atoms with Gasteiger partial charge in [-0.1, -0.05) is 24.0 Å². The number of nitrogens with one attached hydrogen (secondary N) is 3. The molecule has 1 fully saturated rings. The Labute approximate surface area is 257 Å². The van der Waals surface area contributed by atoms with Crippen LogP contribution < -0.4 is 20.7 Å². The van der Waals surface area contributed by atoms with Crippen molar-refractivity contribution >= 4 is 38.7 Å². The fourth-order valence-electron chi connectivity index (χ4n) is 4.99. The van der Waals surface area contributed by atoms with Crippen LogP contribution in [0.3, 0.4) is 0 Å². The summed E-state index contributed by atoms with van der Waals surface area (Å²) < 4.78 is 66.8. The fourth-order valence-corrected chi connectivity index (χ4v) is 6.16. The average molecular weight is 632 g/mol. The number of carbonyl (C=O) groups is 1. The quantitative estimate of drug-likeness (QED) is 0.142. The van der Waals surface area contributed by atoms with Crippen LogP contribution in [0.4, 0.5) is 28.9 Å². The topological polar surface area (TPSA) is 79.2 Å². The largest absolute Gasteiger partial charge is 0.424 e. The summed E-state index contributed by atoms with van der Waals surface area (Å²) in [6.07, 6.45) is -3.73. The molecule has 1 amide bonds. The number of fused-ring (bicyclic) bond motifs is 1. The molecule has 4 rings (SSSR count). The van der Waals surface area contributed by atoms with Crippen LogP contribution in [0.1, 0.15) is 33.6 Å². The highest BCUT2D eigenvalue weighted by Crippen LogP contribution is 2.39. The lowest BCUT2D eigenvalue weighted by Gasteiger charge is -2.32. The molecule has 44 heavy (non-hydrogen) atoms. The number of piperidine rings is 1. The van der Waals surface area contributed by atoms with Gasteiger partial charge in [0.2, 0.25) is 0 Å². The molecule has 1 aliphatic heterocycles. The van der Waals surface area contributed by atoms with E-state index in [0.29, 0.717) is 21.6 Å². The van der Waals surface area contributed by atoms with Crippen LogP contribution in [0.5, 0.6) is 5.75 Å². The van der Waals surface area contributed by atoms with Gasteiger partial charge in [0, 0.05) is 45.9 Å². The summed E-state index contributed by atoms with van der Waals surface area (Å²) in [5.41, 5.74) is 0.794. The van der Waals surface area contributed by atoms with Crippen molar-refractivity contribution in [2.45, 2.75) is 31.5 Å². The summed E-state index contributed by atoms with van der Waals surface area (Å²) in [4.78, 5) is 17.7. The molecule has 13 heteroatoms. The Morgan fingerprint density at radius 3 is 2.68 bits per heavy atom. The Balaban J connectivity index is 1.56. The molecule has 0 atom stereocenters. The van der Waals surface area contributed by atoms with Gasteiger partial charge in [-0.15, -0.1) is 11.3 Å². The van der Waals surface area contributed by atoms with Crippen LogP contribution in [-0.2, 0) is 11.2 Å². The maximum atomic E-state index is 14.6. The zero-order valence-electron chi connectivity index (χ0n) is 24.4. The summed E-state index contributed by atoms with van der Waals surface area (Å²) in [6, 6.07) is 7.76. The van der Waals surface area contributed by atoms with Gasteiger partial charge < -0.3 is 30.3 Å². The molecular weight excluding hydrogens is 598 g/mol. The Morgan fingerprint density at radius 2 is 2.00 bits per heavy atom. The van der Waals surface area contributed by atoms with E-state index in [-0.39, 0.29) is 41.9 Å². The molecule has 0 bridgehead atoms. The molecular formula is C31H33F4N5O3S. The van der Waals surface area contributed by atoms with Crippen molar-refractivity contribution in [3.63, 3.8) is 0 Å². The van der Waals surface area contributed by atoms with E-state index >= 15 is 0 Å². The minimum Gasteiger partial charge on any atom is -0.424 e. The number of likely N-dealkylation sites (tertiary alicyclic amines) is 1. The van der Waals surface area contributed by atoms with Crippen molar-refractivity contribution in [2.75, 3.05) is 64.3 Å². The Bertz CT molecular complexity index is 1570. The molecule has 0 aliphatic carbocycles. The van der Waals surface area contributed by atoms with Crippen molar-refractivity contribution in [1.82, 2.24) is 10.2 Å². The number of halogens is 4. The van der Waals surface area contributed by atoms with Crippen LogP contribution in [0.25, 0.3) is 14.9 Å². The maximum Gasteiger partial charge on any atom is 0.393 e. The van der Waals surface area contributed by atoms with Crippen LogP contribution in [0.15, 0.2) is 30.3 Å². The Kier molecular flexibility index (Phi) is 11.3. The van der Waals surface area contributed by atoms with Gasteiger partial charge in [0.25, 0.3) is 5.91 Å². The van der Waals surface area contributed by atoms with Gasteiger partial charge in [-0.2, -0.15) is 13.2 Å². The number of thiophene rings is 1. The second-order valence-electron chi connectivity index (χ2n) is 10.1. The van der Waals surface area contributed by atoms with Gasteiger partial charge in [-0.05, 0) is 35.9 Å². The first-order valence-electron chi connectivity index (χ1n) is 14.0. The molecule has 3 N–H and O–H groups in total. The number of rotatable bonds is 11. The number of hydrogen-bond donors (Lipinski definition) is 3. The number of nitrogens with zero attached hydrogens (tertiary/aromatic N) is 2. The third-order valence-corrected chi connectivity index (χ3v) is 8.35. The van der Waals surface area contributed by atoms with Gasteiger partial charge in [0.05, 0.1) is 46.1 Å². The third kappa shape index (κ3) is 8.53. The van der Waals surface area contributed by atoms with Crippen molar-refractivity contribution in [3.8, 4) is 17.6 Å². The van der Waals surface area contributed by atoms with Gasteiger partial charge in [-0.3, -0.25) is 9.64 Å². The minimum atomic E-state index is -4.43. The second kappa shape index (κ2) is 15.1. The SMILES string of the molecule is [C-]#[N+]COc1cc(C(=O)NC)c(F)cc1NCC#Cc1sc2c(NC3CCN(CCOC)CC3)cccc2c1CC(F)(F)F. The summed E-state index contributed by atoms with van der Waals surface area (Å²) in [6.45, 7) is 9.91. The van der Waals surface area contributed by atoms with Crippen molar-refractivity contribution in [2.24, 2.45) is 0 Å². The highest BCUT2D eigenvalue weighted by atomic mass is 32.1. The van der Waals surface area contributed by atoms with Crippen LogP contribution in [0, 0.1) is 24.2 Å². The molecule has 1 saturated heterocycles. The first kappa shape index (κ1) is 32.9. The molecule has 0 radical (unpaired) electrons.